The van der Waals surface area contributed by atoms with Gasteiger partial charge in [0.05, 0.1) is 5.56 Å². The van der Waals surface area contributed by atoms with E-state index < -0.39 is 0 Å². The van der Waals surface area contributed by atoms with Crippen molar-refractivity contribution in [3.63, 3.8) is 0 Å². The van der Waals surface area contributed by atoms with Crippen LogP contribution in [-0.4, -0.2) is 17.7 Å². The standard InChI is InChI=1S/C11H9BrN2OS/c12-10-2-1-8(3-7(10)5-13)14-6-9(16)4-11(14)15/h1-3,9,16H,4,6H2. The number of anilines is 1. The van der Waals surface area contributed by atoms with Gasteiger partial charge in [0.25, 0.3) is 0 Å². The predicted molar refractivity (Wildman–Crippen MR) is 68.6 cm³/mol. The van der Waals surface area contributed by atoms with Gasteiger partial charge in [0.1, 0.15) is 6.07 Å². The number of thiol groups is 1. The van der Waals surface area contributed by atoms with Crippen LogP contribution in [0, 0.1) is 11.3 Å². The third kappa shape index (κ3) is 2.08. The lowest BCUT2D eigenvalue weighted by atomic mass is 10.2. The van der Waals surface area contributed by atoms with Crippen LogP contribution in [0.5, 0.6) is 0 Å². The average Bonchev–Trinajstić information content (AvgIpc) is 2.59. The van der Waals surface area contributed by atoms with Crippen LogP contribution >= 0.6 is 28.6 Å². The molecule has 3 nitrogen and oxygen atoms in total. The first-order valence-corrected chi connectivity index (χ1v) is 6.11. The summed E-state index contributed by atoms with van der Waals surface area (Å²) in [5.74, 6) is 0.0613. The molecular formula is C11H9BrN2OS. The van der Waals surface area contributed by atoms with E-state index in [9.17, 15) is 4.79 Å². The third-order valence-corrected chi connectivity index (χ3v) is 3.52. The Hall–Kier alpha value is -0.990. The second-order valence-electron chi connectivity index (χ2n) is 3.64. The second-order valence-corrected chi connectivity index (χ2v) is 5.22. The quantitative estimate of drug-likeness (QED) is 0.809. The van der Waals surface area contributed by atoms with E-state index in [0.717, 1.165) is 10.2 Å². The highest BCUT2D eigenvalue weighted by Gasteiger charge is 2.28. The van der Waals surface area contributed by atoms with Crippen LogP contribution in [0.1, 0.15) is 12.0 Å². The third-order valence-electron chi connectivity index (χ3n) is 2.49. The van der Waals surface area contributed by atoms with E-state index in [1.807, 2.05) is 6.07 Å². The van der Waals surface area contributed by atoms with Crippen molar-refractivity contribution in [1.29, 1.82) is 5.26 Å². The maximum atomic E-state index is 11.7. The number of hydrogen-bond acceptors (Lipinski definition) is 3. The zero-order chi connectivity index (χ0) is 11.7. The molecule has 0 spiro atoms. The molecule has 0 aromatic heterocycles. The Bertz CT molecular complexity index is 483. The van der Waals surface area contributed by atoms with Crippen LogP contribution in [0.4, 0.5) is 5.69 Å². The molecule has 1 aliphatic heterocycles. The van der Waals surface area contributed by atoms with Crippen LogP contribution in [0.25, 0.3) is 0 Å². The van der Waals surface area contributed by atoms with E-state index in [4.69, 9.17) is 5.26 Å². The summed E-state index contributed by atoms with van der Waals surface area (Å²) < 4.78 is 0.743. The van der Waals surface area contributed by atoms with Crippen LogP contribution in [-0.2, 0) is 4.79 Å². The van der Waals surface area contributed by atoms with E-state index >= 15 is 0 Å². The van der Waals surface area contributed by atoms with Gasteiger partial charge >= 0.3 is 0 Å². The van der Waals surface area contributed by atoms with Crippen LogP contribution in [0.2, 0.25) is 0 Å². The summed E-state index contributed by atoms with van der Waals surface area (Å²) in [6.45, 7) is 0.606. The molecule has 0 radical (unpaired) electrons. The molecule has 0 aliphatic carbocycles. The topological polar surface area (TPSA) is 44.1 Å². The van der Waals surface area contributed by atoms with E-state index in [0.29, 0.717) is 18.5 Å². The molecule has 1 heterocycles. The van der Waals surface area contributed by atoms with Crippen molar-refractivity contribution in [2.24, 2.45) is 0 Å². The zero-order valence-corrected chi connectivity index (χ0v) is 10.8. The molecule has 1 saturated heterocycles. The average molecular weight is 297 g/mol. The molecule has 1 aromatic rings. The Morgan fingerprint density at radius 3 is 2.88 bits per heavy atom. The first-order chi connectivity index (χ1) is 7.61. The van der Waals surface area contributed by atoms with Gasteiger partial charge < -0.3 is 4.90 Å². The maximum Gasteiger partial charge on any atom is 0.228 e. The monoisotopic (exact) mass is 296 g/mol. The number of nitrogens with zero attached hydrogens (tertiary/aromatic N) is 2. The smallest absolute Gasteiger partial charge is 0.228 e. The zero-order valence-electron chi connectivity index (χ0n) is 8.35. The molecule has 82 valence electrons. The molecule has 1 aromatic carbocycles. The predicted octanol–water partition coefficient (Wildman–Crippen LogP) is 2.36. The highest BCUT2D eigenvalue weighted by atomic mass is 79.9. The van der Waals surface area contributed by atoms with Crippen molar-refractivity contribution >= 4 is 40.2 Å². The Labute approximate surface area is 108 Å². The van der Waals surface area contributed by atoms with E-state index in [1.165, 1.54) is 0 Å². The number of rotatable bonds is 1. The van der Waals surface area contributed by atoms with E-state index in [2.05, 4.69) is 34.6 Å². The van der Waals surface area contributed by atoms with Gasteiger partial charge in [-0.25, -0.2) is 0 Å². The van der Waals surface area contributed by atoms with Gasteiger partial charge in [-0.3, -0.25) is 4.79 Å². The van der Waals surface area contributed by atoms with Crippen LogP contribution < -0.4 is 4.90 Å². The molecule has 0 N–H and O–H groups in total. The molecule has 0 saturated carbocycles. The van der Waals surface area contributed by atoms with E-state index in [-0.39, 0.29) is 11.2 Å². The molecular weight excluding hydrogens is 288 g/mol. The molecule has 0 bridgehead atoms. The Morgan fingerprint density at radius 2 is 2.31 bits per heavy atom. The number of carbonyl (C=O) groups excluding carboxylic acids is 1. The summed E-state index contributed by atoms with van der Waals surface area (Å²) in [6, 6.07) is 7.41. The molecule has 1 atom stereocenters. The van der Waals surface area contributed by atoms with Crippen molar-refractivity contribution < 1.29 is 4.79 Å². The highest BCUT2D eigenvalue weighted by Crippen LogP contribution is 2.27. The van der Waals surface area contributed by atoms with Gasteiger partial charge in [-0.05, 0) is 34.1 Å². The molecule has 16 heavy (non-hydrogen) atoms. The minimum absolute atomic E-state index is 0.0613. The molecule has 5 heteroatoms. The van der Waals surface area contributed by atoms with Gasteiger partial charge in [0.15, 0.2) is 0 Å². The highest BCUT2D eigenvalue weighted by molar-refractivity contribution is 9.10. The lowest BCUT2D eigenvalue weighted by Gasteiger charge is -2.16. The minimum Gasteiger partial charge on any atom is -0.311 e. The first kappa shape index (κ1) is 11.5. The van der Waals surface area contributed by atoms with Crippen LogP contribution in [0.15, 0.2) is 22.7 Å². The van der Waals surface area contributed by atoms with Gasteiger partial charge in [-0.15, -0.1) is 0 Å². The fourth-order valence-corrected chi connectivity index (χ4v) is 2.36. The summed E-state index contributed by atoms with van der Waals surface area (Å²) in [5.41, 5.74) is 1.30. The number of benzene rings is 1. The molecule has 2 rings (SSSR count). The fourth-order valence-electron chi connectivity index (χ4n) is 1.71. The summed E-state index contributed by atoms with van der Waals surface area (Å²) in [7, 11) is 0. The van der Waals surface area contributed by atoms with Crippen molar-refractivity contribution in [3.05, 3.63) is 28.2 Å². The second kappa shape index (κ2) is 4.48. The summed E-state index contributed by atoms with van der Waals surface area (Å²) >= 11 is 7.58. The molecule has 1 amide bonds. The minimum atomic E-state index is 0.0613. The molecule has 1 fully saturated rings. The van der Waals surface area contributed by atoms with Crippen molar-refractivity contribution in [2.45, 2.75) is 11.7 Å². The maximum absolute atomic E-state index is 11.7. The number of nitriles is 1. The van der Waals surface area contributed by atoms with Gasteiger partial charge in [0, 0.05) is 28.4 Å². The number of amides is 1. The molecule has 1 aliphatic rings. The SMILES string of the molecule is N#Cc1cc(N2CC(S)CC2=O)ccc1Br. The summed E-state index contributed by atoms with van der Waals surface area (Å²) in [6.07, 6.45) is 0.459. The first-order valence-electron chi connectivity index (χ1n) is 4.80. The largest absolute Gasteiger partial charge is 0.311 e. The Morgan fingerprint density at radius 1 is 1.56 bits per heavy atom. The Kier molecular flexibility index (Phi) is 3.22. The number of halogens is 1. The van der Waals surface area contributed by atoms with Crippen molar-refractivity contribution in [3.8, 4) is 6.07 Å². The van der Waals surface area contributed by atoms with Gasteiger partial charge in [-0.2, -0.15) is 17.9 Å². The number of hydrogen-bond donors (Lipinski definition) is 1. The van der Waals surface area contributed by atoms with Crippen LogP contribution in [0.3, 0.4) is 0 Å². The number of carbonyl (C=O) groups is 1. The van der Waals surface area contributed by atoms with Gasteiger partial charge in [0.2, 0.25) is 5.91 Å². The summed E-state index contributed by atoms with van der Waals surface area (Å²) in [4.78, 5) is 13.3. The summed E-state index contributed by atoms with van der Waals surface area (Å²) in [5, 5.41) is 8.99. The van der Waals surface area contributed by atoms with Gasteiger partial charge in [-0.1, -0.05) is 0 Å². The Balaban J connectivity index is 2.35. The molecule has 1 unspecified atom stereocenters. The van der Waals surface area contributed by atoms with E-state index in [1.54, 1.807) is 17.0 Å². The lowest BCUT2D eigenvalue weighted by molar-refractivity contribution is -0.117. The normalized spacial score (nSPS) is 19.9. The lowest BCUT2D eigenvalue weighted by Crippen LogP contribution is -2.24. The van der Waals surface area contributed by atoms with Crippen molar-refractivity contribution in [1.82, 2.24) is 0 Å². The fraction of sp³-hybridized carbons (Fsp3) is 0.273. The van der Waals surface area contributed by atoms with Crippen molar-refractivity contribution in [2.75, 3.05) is 11.4 Å².